The summed E-state index contributed by atoms with van der Waals surface area (Å²) in [5.41, 5.74) is 3.90. The van der Waals surface area contributed by atoms with Gasteiger partial charge in [-0.25, -0.2) is 4.98 Å². The number of benzene rings is 2. The Labute approximate surface area is 175 Å². The maximum Gasteiger partial charge on any atom is 0.266 e. The molecule has 3 aromatic rings. The zero-order chi connectivity index (χ0) is 20.3. The number of carbonyl (C=O) groups is 1. The van der Waals surface area contributed by atoms with E-state index in [1.54, 1.807) is 0 Å². The van der Waals surface area contributed by atoms with E-state index in [4.69, 9.17) is 9.25 Å². The Bertz CT molecular complexity index is 1030. The molecular weight excluding hydrogens is 378 g/mol. The van der Waals surface area contributed by atoms with Crippen molar-refractivity contribution in [2.45, 2.75) is 44.1 Å². The van der Waals surface area contributed by atoms with Crippen molar-refractivity contribution in [3.63, 3.8) is 0 Å². The number of likely N-dealkylation sites (tertiary alicyclic amines) is 1. The molecule has 3 heterocycles. The molecule has 2 atom stereocenters. The van der Waals surface area contributed by atoms with E-state index < -0.39 is 6.10 Å². The highest BCUT2D eigenvalue weighted by Gasteiger charge is 2.35. The first-order valence-electron chi connectivity index (χ1n) is 10.7. The highest BCUT2D eigenvalue weighted by atomic mass is 16.6. The summed E-state index contributed by atoms with van der Waals surface area (Å²) < 4.78 is 5.95. The molecule has 0 aliphatic carbocycles. The van der Waals surface area contributed by atoms with Crippen molar-refractivity contribution < 1.29 is 14.0 Å². The second-order valence-electron chi connectivity index (χ2n) is 8.08. The molecule has 0 unspecified atom stereocenters. The second-order valence-corrected chi connectivity index (χ2v) is 8.08. The van der Waals surface area contributed by atoms with E-state index in [0.29, 0.717) is 13.0 Å². The van der Waals surface area contributed by atoms with Crippen LogP contribution in [-0.2, 0) is 16.1 Å². The van der Waals surface area contributed by atoms with Gasteiger partial charge in [-0.05, 0) is 43.4 Å². The monoisotopic (exact) mass is 403 g/mol. The Kier molecular flexibility index (Phi) is 5.22. The number of fused-ring (bicyclic) bond motifs is 1. The molecule has 0 N–H and O–H groups in total. The number of carbonyl (C=O) groups excluding carboxylic acids is 1. The summed E-state index contributed by atoms with van der Waals surface area (Å²) in [7, 11) is 0. The predicted octanol–water partition coefficient (Wildman–Crippen LogP) is 4.31. The number of hydrogen-bond donors (Lipinski definition) is 0. The smallest absolute Gasteiger partial charge is 0.266 e. The number of nitrogens with zero attached hydrogens (tertiary/aromatic N) is 3. The first-order valence-corrected chi connectivity index (χ1v) is 10.7. The average molecular weight is 403 g/mol. The fourth-order valence-electron chi connectivity index (χ4n) is 4.29. The van der Waals surface area contributed by atoms with E-state index >= 15 is 0 Å². The number of aryl methyl sites for hydroxylation is 1. The minimum atomic E-state index is -0.502. The van der Waals surface area contributed by atoms with Crippen molar-refractivity contribution in [1.29, 1.82) is 0 Å². The fraction of sp³-hybridized carbons (Fsp3) is 0.375. The minimum Gasteiger partial charge on any atom is -0.440 e. The molecule has 2 aliphatic heterocycles. The highest BCUT2D eigenvalue weighted by Crippen LogP contribution is 2.30. The number of hydrogen-bond acceptors (Lipinski definition) is 5. The van der Waals surface area contributed by atoms with Gasteiger partial charge in [0, 0.05) is 19.5 Å². The van der Waals surface area contributed by atoms with Gasteiger partial charge >= 0.3 is 0 Å². The van der Waals surface area contributed by atoms with Gasteiger partial charge in [-0.1, -0.05) is 47.6 Å². The van der Waals surface area contributed by atoms with Crippen LogP contribution in [0.4, 0.5) is 0 Å². The lowest BCUT2D eigenvalue weighted by Gasteiger charge is -2.32. The molecule has 0 bridgehead atoms. The third kappa shape index (κ3) is 3.95. The van der Waals surface area contributed by atoms with Crippen LogP contribution < -0.4 is 0 Å². The molecule has 1 amide bonds. The minimum absolute atomic E-state index is 0.0225. The number of para-hydroxylation sites is 2. The Hall–Kier alpha value is -3.15. The van der Waals surface area contributed by atoms with Crippen molar-refractivity contribution >= 4 is 22.7 Å². The van der Waals surface area contributed by atoms with Gasteiger partial charge in [-0.3, -0.25) is 4.79 Å². The van der Waals surface area contributed by atoms with Crippen LogP contribution in [0.3, 0.4) is 0 Å². The van der Waals surface area contributed by atoms with Crippen LogP contribution in [0.1, 0.15) is 43.1 Å². The molecule has 2 aromatic carbocycles. The van der Waals surface area contributed by atoms with Crippen molar-refractivity contribution in [3.8, 4) is 0 Å². The van der Waals surface area contributed by atoms with Crippen molar-refractivity contribution in [1.82, 2.24) is 9.88 Å². The van der Waals surface area contributed by atoms with Crippen LogP contribution >= 0.6 is 0 Å². The van der Waals surface area contributed by atoms with Crippen LogP contribution in [-0.4, -0.2) is 40.7 Å². The maximum absolute atomic E-state index is 13.0. The number of amides is 1. The largest absolute Gasteiger partial charge is 0.440 e. The van der Waals surface area contributed by atoms with Gasteiger partial charge in [-0.2, -0.15) is 0 Å². The Morgan fingerprint density at radius 1 is 1.07 bits per heavy atom. The van der Waals surface area contributed by atoms with Crippen LogP contribution in [0.2, 0.25) is 0 Å². The van der Waals surface area contributed by atoms with E-state index in [9.17, 15) is 4.79 Å². The van der Waals surface area contributed by atoms with Crippen molar-refractivity contribution in [2.75, 3.05) is 13.1 Å². The van der Waals surface area contributed by atoms with Gasteiger partial charge in [-0.15, -0.1) is 0 Å². The van der Waals surface area contributed by atoms with Gasteiger partial charge in [0.2, 0.25) is 6.10 Å². The molecule has 1 aromatic heterocycles. The summed E-state index contributed by atoms with van der Waals surface area (Å²) in [5.74, 6) is 0.866. The molecule has 0 saturated carbocycles. The summed E-state index contributed by atoms with van der Waals surface area (Å²) in [5, 5.41) is 4.19. The summed E-state index contributed by atoms with van der Waals surface area (Å²) in [6, 6.07) is 18.1. The molecule has 1 saturated heterocycles. The average Bonchev–Trinajstić information content (AvgIpc) is 3.45. The van der Waals surface area contributed by atoms with E-state index in [0.717, 1.165) is 54.9 Å². The van der Waals surface area contributed by atoms with E-state index in [1.807, 2.05) is 47.4 Å². The summed E-state index contributed by atoms with van der Waals surface area (Å²) in [6.07, 6.45) is 3.71. The number of oxime groups is 1. The van der Waals surface area contributed by atoms with E-state index in [2.05, 4.69) is 22.3 Å². The molecule has 2 aliphatic rings. The first kappa shape index (κ1) is 18.9. The van der Waals surface area contributed by atoms with Crippen molar-refractivity contribution in [2.24, 2.45) is 5.16 Å². The number of rotatable bonds is 5. The SMILES string of the molecule is O=C([C@@H]1CC(CCc2ccccc2)=NO1)N1CCC[C@@H](c2nc3ccccc3o2)C1. The van der Waals surface area contributed by atoms with Gasteiger partial charge in [0.1, 0.15) is 5.52 Å². The predicted molar refractivity (Wildman–Crippen MR) is 114 cm³/mol. The molecule has 0 spiro atoms. The third-order valence-electron chi connectivity index (χ3n) is 5.94. The van der Waals surface area contributed by atoms with E-state index in [1.165, 1.54) is 5.56 Å². The molecule has 6 nitrogen and oxygen atoms in total. The first-order chi connectivity index (χ1) is 14.8. The summed E-state index contributed by atoms with van der Waals surface area (Å²) in [4.78, 5) is 25.1. The molecular formula is C24H25N3O3. The van der Waals surface area contributed by atoms with E-state index in [-0.39, 0.29) is 11.8 Å². The lowest BCUT2D eigenvalue weighted by atomic mass is 9.97. The Morgan fingerprint density at radius 3 is 2.77 bits per heavy atom. The lowest BCUT2D eigenvalue weighted by Crippen LogP contribution is -2.44. The Morgan fingerprint density at radius 2 is 1.90 bits per heavy atom. The molecule has 30 heavy (non-hydrogen) atoms. The topological polar surface area (TPSA) is 67.9 Å². The van der Waals surface area contributed by atoms with Gasteiger partial charge < -0.3 is 14.2 Å². The lowest BCUT2D eigenvalue weighted by molar-refractivity contribution is -0.143. The Balaban J connectivity index is 1.18. The molecule has 154 valence electrons. The van der Waals surface area contributed by atoms with Gasteiger partial charge in [0.15, 0.2) is 11.5 Å². The normalized spacial score (nSPS) is 21.5. The third-order valence-corrected chi connectivity index (χ3v) is 5.94. The molecule has 6 heteroatoms. The van der Waals surface area contributed by atoms with Crippen molar-refractivity contribution in [3.05, 3.63) is 66.1 Å². The fourth-order valence-corrected chi connectivity index (χ4v) is 4.29. The van der Waals surface area contributed by atoms with Crippen LogP contribution in [0.25, 0.3) is 11.1 Å². The number of aromatic nitrogens is 1. The summed E-state index contributed by atoms with van der Waals surface area (Å²) in [6.45, 7) is 1.36. The highest BCUT2D eigenvalue weighted by molar-refractivity contribution is 5.93. The van der Waals surface area contributed by atoms with Crippen LogP contribution in [0.5, 0.6) is 0 Å². The zero-order valence-corrected chi connectivity index (χ0v) is 16.9. The van der Waals surface area contributed by atoms with Crippen LogP contribution in [0, 0.1) is 0 Å². The maximum atomic E-state index is 13.0. The molecule has 0 radical (unpaired) electrons. The quantitative estimate of drug-likeness (QED) is 0.637. The van der Waals surface area contributed by atoms with Gasteiger partial charge in [0.05, 0.1) is 11.6 Å². The number of oxazole rings is 1. The standard InChI is InChI=1S/C24H25N3O3/c28-24(22-15-19(26-30-22)13-12-17-7-2-1-3-8-17)27-14-6-9-18(16-27)23-25-20-10-4-5-11-21(20)29-23/h1-5,7-8,10-11,18,22H,6,9,12-16H2/t18-,22+/m1/s1. The second kappa shape index (κ2) is 8.30. The summed E-state index contributed by atoms with van der Waals surface area (Å²) >= 11 is 0. The zero-order valence-electron chi connectivity index (χ0n) is 16.9. The van der Waals surface area contributed by atoms with Gasteiger partial charge in [0.25, 0.3) is 5.91 Å². The molecule has 1 fully saturated rings. The van der Waals surface area contributed by atoms with Crippen LogP contribution in [0.15, 0.2) is 64.2 Å². The number of piperidine rings is 1. The molecule has 5 rings (SSSR count).